The summed E-state index contributed by atoms with van der Waals surface area (Å²) in [5, 5.41) is 10.2. The number of nitrogens with zero attached hydrogens (tertiary/aromatic N) is 6. The number of hydrogen-bond donors (Lipinski definition) is 1. The number of carboxylic acid groups (broad SMARTS) is 1. The first-order chi connectivity index (χ1) is 19.8. The molecule has 2 atom stereocenters. The van der Waals surface area contributed by atoms with E-state index in [1.165, 1.54) is 6.42 Å². The summed E-state index contributed by atoms with van der Waals surface area (Å²) in [6.45, 7) is 5.48. The Morgan fingerprint density at radius 3 is 2.41 bits per heavy atom. The molecule has 0 aliphatic carbocycles. The number of anilines is 1. The molecule has 6 rings (SSSR count). The van der Waals surface area contributed by atoms with Gasteiger partial charge < -0.3 is 19.6 Å². The van der Waals surface area contributed by atoms with Gasteiger partial charge in [-0.2, -0.15) is 0 Å². The number of likely N-dealkylation sites (N-methyl/N-ethyl adjacent to an activating group) is 1. The van der Waals surface area contributed by atoms with Crippen LogP contribution in [0.15, 0.2) is 42.7 Å². The summed E-state index contributed by atoms with van der Waals surface area (Å²) in [5.74, 6) is 1.85. The number of piperidine rings is 1. The fraction of sp³-hybridized carbons (Fsp3) is 0.467. The van der Waals surface area contributed by atoms with Crippen LogP contribution in [0.1, 0.15) is 31.2 Å². The topological polar surface area (TPSA) is 94.9 Å². The second-order valence-corrected chi connectivity index (χ2v) is 12.4. The van der Waals surface area contributed by atoms with Crippen LogP contribution in [0, 0.1) is 11.8 Å². The first-order valence-corrected chi connectivity index (χ1v) is 14.9. The second kappa shape index (κ2) is 12.1. The minimum atomic E-state index is -0.725. The normalized spacial score (nSPS) is 21.8. The number of fused-ring (bicyclic) bond motifs is 1. The standard InChI is InChI=1S/C30H34Cl2N6O3/c1-36-5-4-21-17-38(18-27(21)36)30-33-14-25(15-34-30)41-28-9-20(16-37-6-2-19(3-7-37)10-29(39)40)8-26(35-28)22-11-23(31)13-24(32)12-22/h8-9,11-15,19,21,27H,2-7,10,16-18H2,1H3,(H,39,40). The van der Waals surface area contributed by atoms with Crippen molar-refractivity contribution in [3.05, 3.63) is 58.3 Å². The molecule has 0 bridgehead atoms. The van der Waals surface area contributed by atoms with Gasteiger partial charge in [-0.05, 0) is 87.6 Å². The largest absolute Gasteiger partial charge is 0.481 e. The molecule has 0 spiro atoms. The highest BCUT2D eigenvalue weighted by molar-refractivity contribution is 6.35. The van der Waals surface area contributed by atoms with Gasteiger partial charge in [0.05, 0.1) is 18.1 Å². The van der Waals surface area contributed by atoms with Crippen LogP contribution in [0.4, 0.5) is 5.95 Å². The molecule has 3 aliphatic rings. The Kier molecular flexibility index (Phi) is 8.30. The average molecular weight is 598 g/mol. The Bertz CT molecular complexity index is 1380. The predicted octanol–water partition coefficient (Wildman–Crippen LogP) is 5.46. The van der Waals surface area contributed by atoms with E-state index >= 15 is 0 Å². The average Bonchev–Trinajstić information content (AvgIpc) is 3.51. The third-order valence-electron chi connectivity index (χ3n) is 8.54. The summed E-state index contributed by atoms with van der Waals surface area (Å²) in [7, 11) is 2.19. The summed E-state index contributed by atoms with van der Waals surface area (Å²) in [6, 6.07) is 9.90. The summed E-state index contributed by atoms with van der Waals surface area (Å²) in [6.07, 6.45) is 6.61. The third-order valence-corrected chi connectivity index (χ3v) is 8.98. The summed E-state index contributed by atoms with van der Waals surface area (Å²) in [5.41, 5.74) is 2.53. The Balaban J connectivity index is 1.20. The van der Waals surface area contributed by atoms with Gasteiger partial charge in [-0.3, -0.25) is 9.69 Å². The fourth-order valence-corrected chi connectivity index (χ4v) is 6.91. The van der Waals surface area contributed by atoms with Crippen molar-refractivity contribution >= 4 is 35.1 Å². The van der Waals surface area contributed by atoms with Crippen molar-refractivity contribution in [3.8, 4) is 22.9 Å². The molecular weight excluding hydrogens is 563 g/mol. The molecule has 1 N–H and O–H groups in total. The molecule has 0 saturated carbocycles. The zero-order chi connectivity index (χ0) is 28.5. The molecule has 3 fully saturated rings. The molecule has 2 unspecified atom stereocenters. The van der Waals surface area contributed by atoms with Crippen molar-refractivity contribution in [2.45, 2.75) is 38.3 Å². The van der Waals surface area contributed by atoms with Crippen molar-refractivity contribution in [3.63, 3.8) is 0 Å². The Hall–Kier alpha value is -2.98. The molecule has 1 aromatic carbocycles. The number of likely N-dealkylation sites (tertiary alicyclic amines) is 2. The van der Waals surface area contributed by atoms with E-state index in [4.69, 9.17) is 38.0 Å². The van der Waals surface area contributed by atoms with Crippen molar-refractivity contribution in [1.82, 2.24) is 24.8 Å². The molecule has 5 heterocycles. The quantitative estimate of drug-likeness (QED) is 0.363. The van der Waals surface area contributed by atoms with Gasteiger partial charge in [0, 0.05) is 53.8 Å². The van der Waals surface area contributed by atoms with Crippen LogP contribution in [0.3, 0.4) is 0 Å². The number of rotatable bonds is 8. The highest BCUT2D eigenvalue weighted by Crippen LogP contribution is 2.33. The van der Waals surface area contributed by atoms with Crippen molar-refractivity contribution in [2.24, 2.45) is 11.8 Å². The zero-order valence-electron chi connectivity index (χ0n) is 23.0. The van der Waals surface area contributed by atoms with E-state index in [0.717, 1.165) is 62.6 Å². The number of carboxylic acids is 1. The van der Waals surface area contributed by atoms with Gasteiger partial charge in [0.15, 0.2) is 5.75 Å². The van der Waals surface area contributed by atoms with Gasteiger partial charge in [-0.15, -0.1) is 0 Å². The van der Waals surface area contributed by atoms with Gasteiger partial charge in [-0.25, -0.2) is 15.0 Å². The van der Waals surface area contributed by atoms with Gasteiger partial charge >= 0.3 is 5.97 Å². The van der Waals surface area contributed by atoms with Gasteiger partial charge in [-0.1, -0.05) is 23.2 Å². The number of pyridine rings is 1. The minimum Gasteiger partial charge on any atom is -0.481 e. The third kappa shape index (κ3) is 6.75. The molecule has 3 aromatic rings. The van der Waals surface area contributed by atoms with Gasteiger partial charge in [0.1, 0.15) is 0 Å². The molecule has 0 radical (unpaired) electrons. The van der Waals surface area contributed by atoms with E-state index in [0.29, 0.717) is 45.9 Å². The number of halogens is 2. The number of hydrogen-bond acceptors (Lipinski definition) is 8. The van der Waals surface area contributed by atoms with Crippen LogP contribution in [0.2, 0.25) is 10.0 Å². The second-order valence-electron chi connectivity index (χ2n) is 11.5. The van der Waals surface area contributed by atoms with E-state index in [2.05, 4.69) is 31.7 Å². The monoisotopic (exact) mass is 596 g/mol. The number of aliphatic carboxylic acids is 1. The molecule has 11 heteroatoms. The van der Waals surface area contributed by atoms with Crippen LogP contribution in [0.5, 0.6) is 11.6 Å². The fourth-order valence-electron chi connectivity index (χ4n) is 6.39. The lowest BCUT2D eigenvalue weighted by Crippen LogP contribution is -2.33. The lowest BCUT2D eigenvalue weighted by atomic mass is 9.93. The highest BCUT2D eigenvalue weighted by Gasteiger charge is 2.40. The number of benzene rings is 1. The SMILES string of the molecule is CN1CCC2CN(c3ncc(Oc4cc(CN5CCC(CC(=O)O)CC5)cc(-c5cc(Cl)cc(Cl)c5)n4)cn3)CC21. The summed E-state index contributed by atoms with van der Waals surface area (Å²) < 4.78 is 6.19. The van der Waals surface area contributed by atoms with Crippen LogP contribution in [0.25, 0.3) is 11.3 Å². The number of carbonyl (C=O) groups is 1. The molecular formula is C30H34Cl2N6O3. The van der Waals surface area contributed by atoms with Crippen molar-refractivity contribution in [2.75, 3.05) is 44.7 Å². The van der Waals surface area contributed by atoms with E-state index in [1.807, 2.05) is 24.3 Å². The maximum absolute atomic E-state index is 11.1. The van der Waals surface area contributed by atoms with Gasteiger partial charge in [0.25, 0.3) is 0 Å². The van der Waals surface area contributed by atoms with E-state index in [9.17, 15) is 4.79 Å². The zero-order valence-corrected chi connectivity index (χ0v) is 24.6. The molecule has 3 saturated heterocycles. The molecule has 9 nitrogen and oxygen atoms in total. The predicted molar refractivity (Wildman–Crippen MR) is 159 cm³/mol. The number of ether oxygens (including phenoxy) is 1. The Morgan fingerprint density at radius 1 is 1.00 bits per heavy atom. The smallest absolute Gasteiger partial charge is 0.303 e. The van der Waals surface area contributed by atoms with Crippen molar-refractivity contribution < 1.29 is 14.6 Å². The maximum Gasteiger partial charge on any atom is 0.303 e. The van der Waals surface area contributed by atoms with Crippen LogP contribution in [-0.2, 0) is 11.3 Å². The van der Waals surface area contributed by atoms with Crippen LogP contribution >= 0.6 is 23.2 Å². The van der Waals surface area contributed by atoms with Gasteiger partial charge in [0.2, 0.25) is 11.8 Å². The van der Waals surface area contributed by atoms with Crippen LogP contribution in [-0.4, -0.2) is 81.6 Å². The first kappa shape index (κ1) is 28.2. The van der Waals surface area contributed by atoms with Crippen LogP contribution < -0.4 is 9.64 Å². The first-order valence-electron chi connectivity index (χ1n) is 14.2. The summed E-state index contributed by atoms with van der Waals surface area (Å²) in [4.78, 5) is 32.2. The van der Waals surface area contributed by atoms with E-state index in [-0.39, 0.29) is 12.3 Å². The van der Waals surface area contributed by atoms with Crippen molar-refractivity contribution in [1.29, 1.82) is 0 Å². The lowest BCUT2D eigenvalue weighted by Gasteiger charge is -2.31. The van der Waals surface area contributed by atoms with E-state index < -0.39 is 5.97 Å². The summed E-state index contributed by atoms with van der Waals surface area (Å²) >= 11 is 12.6. The Labute approximate surface area is 250 Å². The molecule has 0 amide bonds. The number of aromatic nitrogens is 3. The molecule has 41 heavy (non-hydrogen) atoms. The maximum atomic E-state index is 11.1. The molecule has 2 aromatic heterocycles. The highest BCUT2D eigenvalue weighted by atomic mass is 35.5. The lowest BCUT2D eigenvalue weighted by molar-refractivity contribution is -0.138. The minimum absolute atomic E-state index is 0.230. The molecule has 216 valence electrons. The molecule has 3 aliphatic heterocycles. The van der Waals surface area contributed by atoms with E-state index in [1.54, 1.807) is 18.5 Å². The Morgan fingerprint density at radius 2 is 1.73 bits per heavy atom.